The fraction of sp³-hybridized carbons (Fsp3) is 0. The number of benzene rings is 12. The van der Waals surface area contributed by atoms with Gasteiger partial charge in [0.25, 0.3) is 0 Å². The molecule has 0 spiro atoms. The smallest absolute Gasteiger partial charge is 0.171 e. The maximum atomic E-state index is 15.0. The minimum atomic E-state index is -3.10. The molecule has 9 heteroatoms. The summed E-state index contributed by atoms with van der Waals surface area (Å²) in [5.74, 6) is 0. The van der Waals surface area contributed by atoms with Crippen molar-refractivity contribution in [2.24, 2.45) is 0 Å². The zero-order valence-corrected chi connectivity index (χ0v) is 45.2. The Bertz CT molecular complexity index is 4920. The van der Waals surface area contributed by atoms with Crippen molar-refractivity contribution < 1.29 is 32.7 Å². The molecule has 0 bridgehead atoms. The molecule has 12 aromatic carbocycles. The van der Waals surface area contributed by atoms with Crippen LogP contribution in [0.3, 0.4) is 0 Å². The first-order valence-electron chi connectivity index (χ1n) is 26.6. The molecule has 16 aromatic rings. The number of hydrogen-bond donors (Lipinski definition) is 2. The second-order valence-corrected chi connectivity index (χ2v) is 24.9. The molecule has 0 saturated carbocycles. The standard InChI is InChI=1S/C36H23O3P.C36H23O2P.H2O2/c37-40(26-9-3-1-4-10-26,27-11-5-2-6-12-27)28-17-20-36-32(23-28)31-22-25(16-19-35(31)39-36)24-15-18-34-30(21-24)29-13-7-8-14-33(29)38-34;1-3-9-26(10-4-1)39(27-11-5-2-6-12-27)28-17-20-36-32(23-28)31-22-25(16-19-35(31)38-36)24-15-18-34-30(21-24)29-13-7-8-14-33(29)37-34;1-2/h1-23H;1-23H;1-2H. The number of para-hydroxylation sites is 2. The molecule has 0 fully saturated rings. The molecule has 0 amide bonds. The van der Waals surface area contributed by atoms with Gasteiger partial charge in [0, 0.05) is 59.0 Å². The van der Waals surface area contributed by atoms with E-state index in [0.717, 1.165) is 126 Å². The van der Waals surface area contributed by atoms with Crippen LogP contribution in [0.2, 0.25) is 0 Å². The van der Waals surface area contributed by atoms with E-state index in [-0.39, 0.29) is 0 Å². The molecule has 4 heterocycles. The first-order valence-corrected chi connectivity index (χ1v) is 29.6. The van der Waals surface area contributed by atoms with Crippen LogP contribution in [0, 0.1) is 0 Å². The molecule has 388 valence electrons. The predicted octanol–water partition coefficient (Wildman–Crippen LogP) is 17.7. The number of rotatable bonds is 8. The average Bonchev–Trinajstić information content (AvgIpc) is 4.48. The van der Waals surface area contributed by atoms with E-state index in [4.69, 9.17) is 28.2 Å². The molecule has 4 aromatic heterocycles. The number of furan rings is 4. The molecule has 0 radical (unpaired) electrons. The summed E-state index contributed by atoms with van der Waals surface area (Å²) in [6.07, 6.45) is 0. The Kier molecular flexibility index (Phi) is 12.8. The normalized spacial score (nSPS) is 11.7. The van der Waals surface area contributed by atoms with Gasteiger partial charge in [-0.05, 0) is 137 Å². The predicted molar refractivity (Wildman–Crippen MR) is 336 cm³/mol. The van der Waals surface area contributed by atoms with Gasteiger partial charge in [-0.25, -0.2) is 0 Å². The Morgan fingerprint density at radius 2 is 0.543 bits per heavy atom. The lowest BCUT2D eigenvalue weighted by molar-refractivity contribution is -0.176. The zero-order valence-electron chi connectivity index (χ0n) is 43.4. The lowest BCUT2D eigenvalue weighted by atomic mass is 10.0. The highest BCUT2D eigenvalue weighted by Gasteiger charge is 2.30. The molecule has 7 nitrogen and oxygen atoms in total. The van der Waals surface area contributed by atoms with Crippen LogP contribution in [-0.2, 0) is 4.57 Å². The van der Waals surface area contributed by atoms with Gasteiger partial charge in [0.2, 0.25) is 0 Å². The molecule has 81 heavy (non-hydrogen) atoms. The maximum absolute atomic E-state index is 15.0. The summed E-state index contributed by atoms with van der Waals surface area (Å²) in [5.41, 5.74) is 11.5. The Hall–Kier alpha value is -9.58. The molecule has 0 aliphatic rings. The monoisotopic (exact) mass is 1090 g/mol. The van der Waals surface area contributed by atoms with Gasteiger partial charge < -0.3 is 22.2 Å². The Balaban J connectivity index is 0.000000141. The van der Waals surface area contributed by atoms with E-state index in [2.05, 4.69) is 164 Å². The summed E-state index contributed by atoms with van der Waals surface area (Å²) in [6, 6.07) is 95.8. The van der Waals surface area contributed by atoms with Crippen molar-refractivity contribution in [1.29, 1.82) is 0 Å². The highest BCUT2D eigenvalue weighted by molar-refractivity contribution is 7.85. The Labute approximate surface area is 466 Å². The lowest BCUT2D eigenvalue weighted by Gasteiger charge is -2.20. The van der Waals surface area contributed by atoms with Crippen LogP contribution >= 0.6 is 15.1 Å². The van der Waals surface area contributed by atoms with Gasteiger partial charge in [-0.1, -0.05) is 188 Å². The summed E-state index contributed by atoms with van der Waals surface area (Å²) >= 11 is 0. The summed E-state index contributed by atoms with van der Waals surface area (Å²) < 4.78 is 39.6. The highest BCUT2D eigenvalue weighted by Crippen LogP contribution is 2.45. The van der Waals surface area contributed by atoms with Gasteiger partial charge in [-0.3, -0.25) is 10.5 Å². The van der Waals surface area contributed by atoms with E-state index in [1.54, 1.807) is 0 Å². The van der Waals surface area contributed by atoms with E-state index >= 15 is 0 Å². The van der Waals surface area contributed by atoms with Crippen LogP contribution in [0.25, 0.3) is 110 Å². The van der Waals surface area contributed by atoms with Crippen molar-refractivity contribution in [1.82, 2.24) is 0 Å². The summed E-state index contributed by atoms with van der Waals surface area (Å²) in [7, 11) is -3.79. The van der Waals surface area contributed by atoms with Gasteiger partial charge in [-0.2, -0.15) is 0 Å². The van der Waals surface area contributed by atoms with Crippen LogP contribution in [0.4, 0.5) is 0 Å². The summed E-state index contributed by atoms with van der Waals surface area (Å²) in [5, 5.41) is 27.1. The topological polar surface area (TPSA) is 110 Å². The minimum Gasteiger partial charge on any atom is -0.456 e. The molecule has 0 saturated heterocycles. The molecule has 0 atom stereocenters. The first kappa shape index (κ1) is 49.7. The molecule has 0 aliphatic heterocycles. The van der Waals surface area contributed by atoms with Gasteiger partial charge in [0.1, 0.15) is 44.7 Å². The SMILES string of the molecule is O=P(c1ccccc1)(c1ccccc1)c1ccc2oc3ccc(-c4ccc5oc6ccccc6c5c4)cc3c2c1.OO.c1ccc(P(c2ccccc2)c2ccc3oc4ccc(-c5ccc6oc7ccccc7c6c5)cc4c3c2)cc1. The van der Waals surface area contributed by atoms with Crippen molar-refractivity contribution in [3.8, 4) is 22.3 Å². The van der Waals surface area contributed by atoms with Crippen LogP contribution in [0.15, 0.2) is 297 Å². The highest BCUT2D eigenvalue weighted by atomic mass is 31.2. The molecular formula is C72H48O7P2. The summed E-state index contributed by atoms with van der Waals surface area (Å²) in [6.45, 7) is 0. The van der Waals surface area contributed by atoms with E-state index in [9.17, 15) is 4.57 Å². The van der Waals surface area contributed by atoms with Crippen molar-refractivity contribution in [2.75, 3.05) is 0 Å². The second-order valence-electron chi connectivity index (χ2n) is 19.9. The molecule has 2 N–H and O–H groups in total. The van der Waals surface area contributed by atoms with Crippen molar-refractivity contribution in [3.63, 3.8) is 0 Å². The number of fused-ring (bicyclic) bond motifs is 12. The molecular weight excluding hydrogens is 1040 g/mol. The van der Waals surface area contributed by atoms with Crippen LogP contribution < -0.4 is 31.8 Å². The largest absolute Gasteiger partial charge is 0.456 e. The van der Waals surface area contributed by atoms with E-state index in [1.807, 2.05) is 115 Å². The zero-order chi connectivity index (χ0) is 54.4. The quantitative estimate of drug-likeness (QED) is 0.0886. The average molecular weight is 1090 g/mol. The van der Waals surface area contributed by atoms with Crippen LogP contribution in [-0.4, -0.2) is 10.5 Å². The minimum absolute atomic E-state index is 0.691. The maximum Gasteiger partial charge on any atom is 0.171 e. The van der Waals surface area contributed by atoms with E-state index in [0.29, 0.717) is 0 Å². The van der Waals surface area contributed by atoms with Crippen molar-refractivity contribution in [2.45, 2.75) is 0 Å². The number of hydrogen-bond acceptors (Lipinski definition) is 7. The lowest BCUT2D eigenvalue weighted by Crippen LogP contribution is -2.24. The third-order valence-electron chi connectivity index (χ3n) is 15.2. The van der Waals surface area contributed by atoms with Crippen LogP contribution in [0.5, 0.6) is 0 Å². The van der Waals surface area contributed by atoms with Gasteiger partial charge in [-0.15, -0.1) is 0 Å². The van der Waals surface area contributed by atoms with Gasteiger partial charge >= 0.3 is 0 Å². The third-order valence-corrected chi connectivity index (χ3v) is 20.7. The summed E-state index contributed by atoms with van der Waals surface area (Å²) in [4.78, 5) is 0. The second kappa shape index (κ2) is 20.9. The van der Waals surface area contributed by atoms with E-state index in [1.165, 1.54) is 15.9 Å². The van der Waals surface area contributed by atoms with Crippen LogP contribution in [0.1, 0.15) is 0 Å². The molecule has 16 rings (SSSR count). The van der Waals surface area contributed by atoms with Crippen molar-refractivity contribution in [3.05, 3.63) is 279 Å². The first-order chi connectivity index (χ1) is 40.0. The fourth-order valence-corrected chi connectivity index (χ4v) is 16.4. The Morgan fingerprint density at radius 1 is 0.247 bits per heavy atom. The van der Waals surface area contributed by atoms with Crippen molar-refractivity contribution >= 4 is 135 Å². The molecule has 0 unspecified atom stereocenters. The van der Waals surface area contributed by atoms with Gasteiger partial charge in [0.05, 0.1) is 0 Å². The van der Waals surface area contributed by atoms with E-state index < -0.39 is 15.1 Å². The molecule has 0 aliphatic carbocycles. The Morgan fingerprint density at radius 3 is 0.951 bits per heavy atom. The third kappa shape index (κ3) is 8.90. The fourth-order valence-electron chi connectivity index (χ4n) is 11.4. The van der Waals surface area contributed by atoms with Gasteiger partial charge in [0.15, 0.2) is 7.14 Å².